The summed E-state index contributed by atoms with van der Waals surface area (Å²) in [6.45, 7) is 0. The Morgan fingerprint density at radius 3 is 2.25 bits per heavy atom. The first-order chi connectivity index (χ1) is 9.36. The molecule has 0 heterocycles. The summed E-state index contributed by atoms with van der Waals surface area (Å²) in [5.74, 6) is -0.496. The number of nitrogen functional groups attached to an aromatic ring is 1. The third-order valence-electron chi connectivity index (χ3n) is 2.62. The summed E-state index contributed by atoms with van der Waals surface area (Å²) in [5, 5.41) is 2.56. The second-order valence-electron chi connectivity index (χ2n) is 4.15. The van der Waals surface area contributed by atoms with E-state index in [0.717, 1.165) is 24.3 Å². The number of amides is 1. The van der Waals surface area contributed by atoms with E-state index >= 15 is 0 Å². The van der Waals surface area contributed by atoms with Crippen LogP contribution in [0, 0.1) is 0 Å². The van der Waals surface area contributed by atoms with Crippen LogP contribution in [0.3, 0.4) is 0 Å². The van der Waals surface area contributed by atoms with Crippen LogP contribution in [0.1, 0.15) is 15.9 Å². The Bertz CT molecular complexity index is 621. The number of anilines is 2. The van der Waals surface area contributed by atoms with Crippen LogP contribution in [0.5, 0.6) is 0 Å². The number of rotatable bonds is 2. The number of hydrogen-bond acceptors (Lipinski definition) is 2. The van der Waals surface area contributed by atoms with Gasteiger partial charge in [-0.25, -0.2) is 0 Å². The summed E-state index contributed by atoms with van der Waals surface area (Å²) in [4.78, 5) is 11.9. The first-order valence-electron chi connectivity index (χ1n) is 5.70. The Morgan fingerprint density at radius 1 is 1.05 bits per heavy atom. The smallest absolute Gasteiger partial charge is 0.399 e. The van der Waals surface area contributed by atoms with E-state index in [1.165, 1.54) is 0 Å². The molecule has 0 aromatic heterocycles. The molecular weight excluding hydrogens is 269 g/mol. The van der Waals surface area contributed by atoms with E-state index in [4.69, 9.17) is 5.73 Å². The van der Waals surface area contributed by atoms with Gasteiger partial charge in [0.25, 0.3) is 5.91 Å². The van der Waals surface area contributed by atoms with Crippen molar-refractivity contribution in [3.8, 4) is 0 Å². The second-order valence-corrected chi connectivity index (χ2v) is 4.15. The molecule has 0 aliphatic heterocycles. The molecule has 2 rings (SSSR count). The van der Waals surface area contributed by atoms with Crippen molar-refractivity contribution in [1.82, 2.24) is 0 Å². The lowest BCUT2D eigenvalue weighted by atomic mass is 10.1. The van der Waals surface area contributed by atoms with Gasteiger partial charge >= 0.3 is 6.18 Å². The number of hydrogen-bond donors (Lipinski definition) is 2. The van der Waals surface area contributed by atoms with Gasteiger partial charge < -0.3 is 11.1 Å². The molecule has 0 spiro atoms. The molecule has 2 aromatic carbocycles. The van der Waals surface area contributed by atoms with Gasteiger partial charge in [0.1, 0.15) is 0 Å². The first kappa shape index (κ1) is 13.9. The number of carbonyl (C=O) groups is 1. The van der Waals surface area contributed by atoms with Gasteiger partial charge in [-0.1, -0.05) is 6.07 Å². The van der Waals surface area contributed by atoms with Crippen LogP contribution in [0.4, 0.5) is 24.5 Å². The van der Waals surface area contributed by atoms with E-state index in [9.17, 15) is 18.0 Å². The van der Waals surface area contributed by atoms with Gasteiger partial charge in [-0.05, 0) is 42.5 Å². The number of nitrogens with one attached hydrogen (secondary N) is 1. The maximum Gasteiger partial charge on any atom is 0.416 e. The first-order valence-corrected chi connectivity index (χ1v) is 5.70. The maximum absolute atomic E-state index is 12.4. The van der Waals surface area contributed by atoms with Crippen LogP contribution >= 0.6 is 0 Å². The minimum absolute atomic E-state index is 0.139. The molecule has 0 aliphatic carbocycles. The van der Waals surface area contributed by atoms with E-state index in [2.05, 4.69) is 5.32 Å². The minimum Gasteiger partial charge on any atom is -0.399 e. The summed E-state index contributed by atoms with van der Waals surface area (Å²) >= 11 is 0. The van der Waals surface area contributed by atoms with Crippen molar-refractivity contribution in [2.24, 2.45) is 0 Å². The van der Waals surface area contributed by atoms with Crippen LogP contribution < -0.4 is 11.1 Å². The van der Waals surface area contributed by atoms with E-state index in [1.807, 2.05) is 0 Å². The summed E-state index contributed by atoms with van der Waals surface area (Å²) in [6, 6.07) is 10.5. The predicted octanol–water partition coefficient (Wildman–Crippen LogP) is 3.54. The molecular formula is C14H11F3N2O. The average Bonchev–Trinajstić information content (AvgIpc) is 2.38. The molecule has 0 aliphatic rings. The molecule has 3 N–H and O–H groups in total. The zero-order valence-electron chi connectivity index (χ0n) is 10.2. The van der Waals surface area contributed by atoms with Crippen molar-refractivity contribution in [2.75, 3.05) is 11.1 Å². The fourth-order valence-electron chi connectivity index (χ4n) is 1.63. The summed E-state index contributed by atoms with van der Waals surface area (Å²) in [6.07, 6.45) is -4.41. The third-order valence-corrected chi connectivity index (χ3v) is 2.62. The minimum atomic E-state index is -4.41. The third kappa shape index (κ3) is 3.28. The molecule has 6 heteroatoms. The Kier molecular flexibility index (Phi) is 3.65. The highest BCUT2D eigenvalue weighted by Crippen LogP contribution is 2.29. The highest BCUT2D eigenvalue weighted by Gasteiger charge is 2.30. The van der Waals surface area contributed by atoms with Crippen molar-refractivity contribution >= 4 is 17.3 Å². The van der Waals surface area contributed by atoms with Gasteiger partial charge in [0, 0.05) is 16.9 Å². The molecule has 2 aromatic rings. The molecule has 0 unspecified atom stereocenters. The fraction of sp³-hybridized carbons (Fsp3) is 0.0714. The zero-order valence-corrected chi connectivity index (χ0v) is 10.2. The monoisotopic (exact) mass is 280 g/mol. The predicted molar refractivity (Wildman–Crippen MR) is 70.3 cm³/mol. The lowest BCUT2D eigenvalue weighted by molar-refractivity contribution is -0.137. The number of carbonyl (C=O) groups excluding carboxylic acids is 1. The lowest BCUT2D eigenvalue weighted by Gasteiger charge is -2.08. The van der Waals surface area contributed by atoms with Crippen LogP contribution in [0.15, 0.2) is 48.5 Å². The SMILES string of the molecule is Nc1cccc(NC(=O)c2ccc(C(F)(F)F)cc2)c1. The van der Waals surface area contributed by atoms with Gasteiger partial charge in [0.15, 0.2) is 0 Å². The fourth-order valence-corrected chi connectivity index (χ4v) is 1.63. The van der Waals surface area contributed by atoms with Crippen LogP contribution in [0.2, 0.25) is 0 Å². The van der Waals surface area contributed by atoms with Crippen molar-refractivity contribution in [3.63, 3.8) is 0 Å². The van der Waals surface area contributed by atoms with Gasteiger partial charge in [-0.2, -0.15) is 13.2 Å². The topological polar surface area (TPSA) is 55.1 Å². The Morgan fingerprint density at radius 2 is 1.70 bits per heavy atom. The van der Waals surface area contributed by atoms with Gasteiger partial charge in [0.2, 0.25) is 0 Å². The normalized spacial score (nSPS) is 11.2. The highest BCUT2D eigenvalue weighted by atomic mass is 19.4. The van der Waals surface area contributed by atoms with Crippen molar-refractivity contribution in [3.05, 3.63) is 59.7 Å². The van der Waals surface area contributed by atoms with Gasteiger partial charge in [0.05, 0.1) is 5.56 Å². The van der Waals surface area contributed by atoms with Crippen molar-refractivity contribution in [2.45, 2.75) is 6.18 Å². The molecule has 20 heavy (non-hydrogen) atoms. The highest BCUT2D eigenvalue weighted by molar-refractivity contribution is 6.04. The summed E-state index contributed by atoms with van der Waals surface area (Å²) in [5.41, 5.74) is 5.87. The molecule has 0 atom stereocenters. The molecule has 0 fully saturated rings. The Hall–Kier alpha value is -2.50. The van der Waals surface area contributed by atoms with Crippen LogP contribution in [-0.4, -0.2) is 5.91 Å². The largest absolute Gasteiger partial charge is 0.416 e. The lowest BCUT2D eigenvalue weighted by Crippen LogP contribution is -2.13. The molecule has 0 radical (unpaired) electrons. The Balaban J connectivity index is 2.14. The quantitative estimate of drug-likeness (QED) is 0.827. The number of benzene rings is 2. The van der Waals surface area contributed by atoms with Crippen LogP contribution in [0.25, 0.3) is 0 Å². The second kappa shape index (κ2) is 5.24. The molecule has 3 nitrogen and oxygen atoms in total. The number of nitrogens with two attached hydrogens (primary N) is 1. The molecule has 104 valence electrons. The molecule has 0 saturated heterocycles. The Labute approximate surface area is 113 Å². The zero-order chi connectivity index (χ0) is 14.8. The van der Waals surface area contributed by atoms with E-state index in [1.54, 1.807) is 24.3 Å². The molecule has 0 bridgehead atoms. The van der Waals surface area contributed by atoms with Crippen molar-refractivity contribution in [1.29, 1.82) is 0 Å². The van der Waals surface area contributed by atoms with E-state index < -0.39 is 17.6 Å². The summed E-state index contributed by atoms with van der Waals surface area (Å²) in [7, 11) is 0. The van der Waals surface area contributed by atoms with Crippen molar-refractivity contribution < 1.29 is 18.0 Å². The van der Waals surface area contributed by atoms with E-state index in [0.29, 0.717) is 11.4 Å². The average molecular weight is 280 g/mol. The van der Waals surface area contributed by atoms with Gasteiger partial charge in [-0.3, -0.25) is 4.79 Å². The number of alkyl halides is 3. The molecule has 1 amide bonds. The van der Waals surface area contributed by atoms with E-state index in [-0.39, 0.29) is 5.56 Å². The van der Waals surface area contributed by atoms with Crippen LogP contribution in [-0.2, 0) is 6.18 Å². The standard InChI is InChI=1S/C14H11F3N2O/c15-14(16,17)10-6-4-9(5-7-10)13(20)19-12-3-1-2-11(18)8-12/h1-8H,18H2,(H,19,20). The van der Waals surface area contributed by atoms with Gasteiger partial charge in [-0.15, -0.1) is 0 Å². The summed E-state index contributed by atoms with van der Waals surface area (Å²) < 4.78 is 37.2. The molecule has 0 saturated carbocycles. The maximum atomic E-state index is 12.4. The number of halogens is 3.